The van der Waals surface area contributed by atoms with Gasteiger partial charge in [0, 0.05) is 12.7 Å². The van der Waals surface area contributed by atoms with Crippen molar-refractivity contribution < 1.29 is 4.74 Å². The Balaban J connectivity index is 3.35. The number of anilines is 1. The van der Waals surface area contributed by atoms with Gasteiger partial charge in [0.25, 0.3) is 0 Å². The quantitative estimate of drug-likeness (QED) is 0.617. The van der Waals surface area contributed by atoms with Crippen molar-refractivity contribution in [3.63, 3.8) is 0 Å². The summed E-state index contributed by atoms with van der Waals surface area (Å²) in [6, 6.07) is 2.09. The van der Waals surface area contributed by atoms with Crippen molar-refractivity contribution in [2.24, 2.45) is 0 Å². The largest absolute Gasteiger partial charge is 0.496 e. The van der Waals surface area contributed by atoms with Crippen LogP contribution in [0, 0.1) is 20.8 Å². The Labute approximate surface area is 100 Å². The maximum Gasteiger partial charge on any atom is 0.122 e. The molecular formula is C12H18BrNO. The predicted molar refractivity (Wildman–Crippen MR) is 69.4 cm³/mol. The van der Waals surface area contributed by atoms with E-state index in [4.69, 9.17) is 4.74 Å². The lowest BCUT2D eigenvalue weighted by Gasteiger charge is -2.23. The van der Waals surface area contributed by atoms with Crippen LogP contribution < -0.4 is 9.64 Å². The van der Waals surface area contributed by atoms with Crippen LogP contribution in [-0.4, -0.2) is 19.6 Å². The van der Waals surface area contributed by atoms with Crippen LogP contribution in [-0.2, 0) is 0 Å². The first-order valence-corrected chi connectivity index (χ1v) is 6.07. The maximum absolute atomic E-state index is 5.34. The van der Waals surface area contributed by atoms with Crippen LogP contribution in [0.2, 0.25) is 0 Å². The molecule has 84 valence electrons. The third-order valence-electron chi connectivity index (χ3n) is 2.79. The molecule has 2 nitrogen and oxygen atoms in total. The van der Waals surface area contributed by atoms with Crippen molar-refractivity contribution >= 4 is 21.6 Å². The molecule has 1 aromatic carbocycles. The van der Waals surface area contributed by atoms with Gasteiger partial charge in [0.2, 0.25) is 0 Å². The lowest BCUT2D eigenvalue weighted by Crippen LogP contribution is -2.17. The zero-order valence-electron chi connectivity index (χ0n) is 10.0. The highest BCUT2D eigenvalue weighted by Gasteiger charge is 2.12. The van der Waals surface area contributed by atoms with Crippen molar-refractivity contribution in [2.45, 2.75) is 20.8 Å². The summed E-state index contributed by atoms with van der Waals surface area (Å²) in [7, 11) is 3.80. The number of hydrogen-bond donors (Lipinski definition) is 0. The molecule has 0 saturated carbocycles. The second-order valence-electron chi connectivity index (χ2n) is 3.81. The van der Waals surface area contributed by atoms with E-state index in [1.807, 2.05) is 0 Å². The van der Waals surface area contributed by atoms with Crippen molar-refractivity contribution in [3.05, 3.63) is 22.8 Å². The molecule has 0 aliphatic carbocycles. The second kappa shape index (κ2) is 4.88. The fourth-order valence-electron chi connectivity index (χ4n) is 1.89. The van der Waals surface area contributed by atoms with Crippen molar-refractivity contribution in [1.29, 1.82) is 0 Å². The monoisotopic (exact) mass is 271 g/mol. The molecule has 0 aliphatic heterocycles. The minimum atomic E-state index is 0.834. The van der Waals surface area contributed by atoms with Crippen molar-refractivity contribution in [1.82, 2.24) is 0 Å². The van der Waals surface area contributed by atoms with Crippen LogP contribution in [0.4, 0.5) is 5.69 Å². The number of rotatable bonds is 3. The Morgan fingerprint density at radius 1 is 1.27 bits per heavy atom. The van der Waals surface area contributed by atoms with Crippen LogP contribution in [0.3, 0.4) is 0 Å². The van der Waals surface area contributed by atoms with E-state index < -0.39 is 0 Å². The number of ether oxygens (including phenoxy) is 1. The van der Waals surface area contributed by atoms with Gasteiger partial charge in [-0.1, -0.05) is 15.9 Å². The zero-order chi connectivity index (χ0) is 11.6. The van der Waals surface area contributed by atoms with E-state index in [9.17, 15) is 0 Å². The third kappa shape index (κ3) is 2.28. The van der Waals surface area contributed by atoms with Crippen molar-refractivity contribution in [2.75, 3.05) is 24.5 Å². The fraction of sp³-hybridized carbons (Fsp3) is 0.500. The number of halogens is 1. The smallest absolute Gasteiger partial charge is 0.122 e. The molecular weight excluding hydrogens is 254 g/mol. The Kier molecular flexibility index (Phi) is 4.03. The fourth-order valence-corrected chi connectivity index (χ4v) is 2.14. The summed E-state index contributed by atoms with van der Waals surface area (Å²) in [5.41, 5.74) is 5.86. The average Bonchev–Trinajstić information content (AvgIpc) is 2.23. The number of aryl methyl sites for hydroxylation is 1. The van der Waals surface area contributed by atoms with Gasteiger partial charge < -0.3 is 9.64 Å². The molecule has 1 aromatic rings. The standard InChI is InChI=1S/C12H18BrNO/c1-8-6-11(15-5)9(2)10(3)12(8)14(4)7-13/h6H,7H2,1-5H3. The molecule has 0 bridgehead atoms. The lowest BCUT2D eigenvalue weighted by atomic mass is 10.0. The summed E-state index contributed by atoms with van der Waals surface area (Å²) in [5, 5.41) is 0. The van der Waals surface area contributed by atoms with Gasteiger partial charge in [0.15, 0.2) is 0 Å². The maximum atomic E-state index is 5.34. The zero-order valence-corrected chi connectivity index (χ0v) is 11.6. The Hall–Kier alpha value is -0.700. The first-order chi connectivity index (χ1) is 7.02. The van der Waals surface area contributed by atoms with Gasteiger partial charge >= 0.3 is 0 Å². The molecule has 0 atom stereocenters. The van der Waals surface area contributed by atoms with Crippen LogP contribution in [0.15, 0.2) is 6.07 Å². The van der Waals surface area contributed by atoms with Crippen LogP contribution in [0.5, 0.6) is 5.75 Å². The minimum Gasteiger partial charge on any atom is -0.496 e. The normalized spacial score (nSPS) is 10.3. The predicted octanol–water partition coefficient (Wildman–Crippen LogP) is 3.41. The Morgan fingerprint density at radius 2 is 1.87 bits per heavy atom. The average molecular weight is 272 g/mol. The van der Waals surface area contributed by atoms with Crippen molar-refractivity contribution in [3.8, 4) is 5.75 Å². The van der Waals surface area contributed by atoms with E-state index in [-0.39, 0.29) is 0 Å². The first-order valence-electron chi connectivity index (χ1n) is 4.94. The topological polar surface area (TPSA) is 12.5 Å². The molecule has 0 heterocycles. The highest BCUT2D eigenvalue weighted by Crippen LogP contribution is 2.33. The van der Waals surface area contributed by atoms with E-state index in [1.165, 1.54) is 22.4 Å². The van der Waals surface area contributed by atoms with Crippen LogP contribution >= 0.6 is 15.9 Å². The number of alkyl halides is 1. The summed E-state index contributed by atoms with van der Waals surface area (Å²) in [4.78, 5) is 2.19. The molecule has 0 aliphatic rings. The van der Waals surface area contributed by atoms with E-state index in [0.29, 0.717) is 0 Å². The molecule has 0 fully saturated rings. The SMILES string of the molecule is COc1cc(C)c(N(C)CBr)c(C)c1C. The second-order valence-corrected chi connectivity index (χ2v) is 4.31. The molecule has 15 heavy (non-hydrogen) atoms. The van der Waals surface area contributed by atoms with E-state index in [2.05, 4.69) is 54.7 Å². The van der Waals surface area contributed by atoms with Crippen LogP contribution in [0.25, 0.3) is 0 Å². The molecule has 0 saturated heterocycles. The summed E-state index contributed by atoms with van der Waals surface area (Å²) in [6.45, 7) is 6.35. The lowest BCUT2D eigenvalue weighted by molar-refractivity contribution is 0.411. The highest BCUT2D eigenvalue weighted by molar-refractivity contribution is 9.09. The molecule has 0 amide bonds. The van der Waals surface area contributed by atoms with E-state index in [1.54, 1.807) is 7.11 Å². The molecule has 0 N–H and O–H groups in total. The Bertz CT molecular complexity index is 363. The molecule has 0 spiro atoms. The van der Waals surface area contributed by atoms with Gasteiger partial charge in [-0.2, -0.15) is 0 Å². The molecule has 3 heteroatoms. The summed E-state index contributed by atoms with van der Waals surface area (Å²) in [5.74, 6) is 0.969. The number of benzene rings is 1. The molecule has 0 radical (unpaired) electrons. The highest BCUT2D eigenvalue weighted by atomic mass is 79.9. The third-order valence-corrected chi connectivity index (χ3v) is 3.54. The van der Waals surface area contributed by atoms with Gasteiger partial charge in [0.1, 0.15) is 5.75 Å². The van der Waals surface area contributed by atoms with Gasteiger partial charge in [-0.25, -0.2) is 0 Å². The van der Waals surface area contributed by atoms with Gasteiger partial charge in [0.05, 0.1) is 12.6 Å². The van der Waals surface area contributed by atoms with Gasteiger partial charge in [-0.05, 0) is 43.5 Å². The summed E-state index contributed by atoms with van der Waals surface area (Å²) < 4.78 is 5.34. The number of methoxy groups -OCH3 is 1. The Morgan fingerprint density at radius 3 is 2.33 bits per heavy atom. The minimum absolute atomic E-state index is 0.834. The number of hydrogen-bond acceptors (Lipinski definition) is 2. The van der Waals surface area contributed by atoms with E-state index >= 15 is 0 Å². The molecule has 1 rings (SSSR count). The first kappa shape index (κ1) is 12.4. The summed E-state index contributed by atoms with van der Waals surface area (Å²) >= 11 is 3.47. The molecule has 0 unspecified atom stereocenters. The molecule has 0 aromatic heterocycles. The van der Waals surface area contributed by atoms with Gasteiger partial charge in [-0.15, -0.1) is 0 Å². The summed E-state index contributed by atoms with van der Waals surface area (Å²) in [6.07, 6.45) is 0. The number of nitrogens with zero attached hydrogens (tertiary/aromatic N) is 1. The van der Waals surface area contributed by atoms with Crippen LogP contribution in [0.1, 0.15) is 16.7 Å². The van der Waals surface area contributed by atoms with E-state index in [0.717, 1.165) is 11.2 Å². The van der Waals surface area contributed by atoms with Gasteiger partial charge in [-0.3, -0.25) is 0 Å².